The molecule has 0 fully saturated rings. The molecule has 3 rings (SSSR count). The predicted octanol–water partition coefficient (Wildman–Crippen LogP) is 5.57. The van der Waals surface area contributed by atoms with E-state index in [-0.39, 0.29) is 5.92 Å². The fourth-order valence-corrected chi connectivity index (χ4v) is 3.56. The molecule has 0 aromatic heterocycles. The van der Waals surface area contributed by atoms with Crippen molar-refractivity contribution in [2.75, 3.05) is 0 Å². The second-order valence-corrected chi connectivity index (χ2v) is 6.91. The molecule has 1 atom stereocenters. The van der Waals surface area contributed by atoms with Crippen LogP contribution in [0.3, 0.4) is 0 Å². The highest BCUT2D eigenvalue weighted by Crippen LogP contribution is 2.30. The zero-order valence-electron chi connectivity index (χ0n) is 13.5. The van der Waals surface area contributed by atoms with Crippen LogP contribution in [-0.4, -0.2) is 11.2 Å². The number of aliphatic hydroxyl groups excluding tert-OH is 1. The Bertz CT molecular complexity index is 716. The van der Waals surface area contributed by atoms with Gasteiger partial charge in [-0.15, -0.1) is 0 Å². The second-order valence-electron chi connectivity index (χ2n) is 6.06. The lowest BCUT2D eigenvalue weighted by molar-refractivity contribution is 0.159. The van der Waals surface area contributed by atoms with Crippen LogP contribution >= 0.6 is 15.9 Å². The summed E-state index contributed by atoms with van der Waals surface area (Å²) in [4.78, 5) is 0. The summed E-state index contributed by atoms with van der Waals surface area (Å²) in [5, 5.41) is 10.7. The zero-order valence-corrected chi connectivity index (χ0v) is 15.1. The van der Waals surface area contributed by atoms with E-state index in [9.17, 15) is 5.11 Å². The Hall–Kier alpha value is -1.90. The van der Waals surface area contributed by atoms with Gasteiger partial charge in [-0.3, -0.25) is 0 Å². The minimum atomic E-state index is -0.394. The maximum atomic E-state index is 10.7. The minimum absolute atomic E-state index is 0.199. The smallest absolute Gasteiger partial charge is 0.0590 e. The van der Waals surface area contributed by atoms with Gasteiger partial charge < -0.3 is 5.11 Å². The summed E-state index contributed by atoms with van der Waals surface area (Å²) in [7, 11) is 0. The number of hydrogen-bond donors (Lipinski definition) is 1. The molecule has 0 radical (unpaired) electrons. The Morgan fingerprint density at radius 3 is 1.75 bits per heavy atom. The van der Waals surface area contributed by atoms with Crippen LogP contribution in [-0.2, 0) is 6.42 Å². The average molecular weight is 381 g/mol. The van der Waals surface area contributed by atoms with Crippen molar-refractivity contribution >= 4 is 15.9 Å². The van der Waals surface area contributed by atoms with Crippen LogP contribution in [0.25, 0.3) is 0 Å². The van der Waals surface area contributed by atoms with Gasteiger partial charge in [0, 0.05) is 10.4 Å². The van der Waals surface area contributed by atoms with E-state index in [0.717, 1.165) is 10.0 Å². The van der Waals surface area contributed by atoms with E-state index >= 15 is 0 Å². The van der Waals surface area contributed by atoms with Crippen LogP contribution in [0.4, 0.5) is 0 Å². The van der Waals surface area contributed by atoms with Gasteiger partial charge in [0.05, 0.1) is 6.10 Å². The van der Waals surface area contributed by atoms with Crippen molar-refractivity contribution in [1.82, 2.24) is 0 Å². The molecule has 0 spiro atoms. The Morgan fingerprint density at radius 1 is 0.708 bits per heavy atom. The van der Waals surface area contributed by atoms with Crippen molar-refractivity contribution < 1.29 is 5.11 Å². The summed E-state index contributed by atoms with van der Waals surface area (Å²) < 4.78 is 1.06. The Morgan fingerprint density at radius 2 is 1.21 bits per heavy atom. The summed E-state index contributed by atoms with van der Waals surface area (Å²) in [6.45, 7) is 0. The van der Waals surface area contributed by atoms with Gasteiger partial charge in [-0.05, 0) is 35.6 Å². The first-order valence-electron chi connectivity index (χ1n) is 8.25. The number of rotatable bonds is 6. The monoisotopic (exact) mass is 380 g/mol. The van der Waals surface area contributed by atoms with Crippen LogP contribution < -0.4 is 0 Å². The van der Waals surface area contributed by atoms with Crippen molar-refractivity contribution in [3.8, 4) is 0 Å². The molecule has 0 saturated carbocycles. The van der Waals surface area contributed by atoms with Crippen molar-refractivity contribution in [3.63, 3.8) is 0 Å². The first-order valence-corrected chi connectivity index (χ1v) is 9.04. The molecule has 24 heavy (non-hydrogen) atoms. The van der Waals surface area contributed by atoms with E-state index in [4.69, 9.17) is 0 Å². The summed E-state index contributed by atoms with van der Waals surface area (Å²) >= 11 is 3.57. The van der Waals surface area contributed by atoms with Gasteiger partial charge in [0.2, 0.25) is 0 Å². The van der Waals surface area contributed by atoms with E-state index in [2.05, 4.69) is 70.5 Å². The molecule has 0 amide bonds. The third kappa shape index (κ3) is 4.34. The molecule has 2 heteroatoms. The second kappa shape index (κ2) is 8.27. The SMILES string of the molecule is OC(Cc1ccccc1Br)CC(c1ccccc1)c1ccccc1. The third-order valence-corrected chi connectivity index (χ3v) is 5.10. The van der Waals surface area contributed by atoms with Crippen molar-refractivity contribution in [3.05, 3.63) is 106 Å². The molecule has 0 aliphatic heterocycles. The van der Waals surface area contributed by atoms with Crippen molar-refractivity contribution in [2.24, 2.45) is 0 Å². The fourth-order valence-electron chi connectivity index (χ4n) is 3.11. The summed E-state index contributed by atoms with van der Waals surface area (Å²) in [5.41, 5.74) is 3.63. The van der Waals surface area contributed by atoms with E-state index in [0.29, 0.717) is 12.8 Å². The van der Waals surface area contributed by atoms with Gasteiger partial charge >= 0.3 is 0 Å². The van der Waals surface area contributed by atoms with Gasteiger partial charge in [0.25, 0.3) is 0 Å². The molecule has 122 valence electrons. The quantitative estimate of drug-likeness (QED) is 0.592. The highest BCUT2D eigenvalue weighted by molar-refractivity contribution is 9.10. The van der Waals surface area contributed by atoms with E-state index in [1.165, 1.54) is 11.1 Å². The van der Waals surface area contributed by atoms with Crippen molar-refractivity contribution in [1.29, 1.82) is 0 Å². The first kappa shape index (κ1) is 16.9. The lowest BCUT2D eigenvalue weighted by Gasteiger charge is -2.22. The molecule has 0 bridgehead atoms. The first-order chi connectivity index (χ1) is 11.7. The topological polar surface area (TPSA) is 20.2 Å². The molecular weight excluding hydrogens is 360 g/mol. The van der Waals surface area contributed by atoms with Crippen LogP contribution in [0.5, 0.6) is 0 Å². The molecule has 0 heterocycles. The molecule has 3 aromatic carbocycles. The summed E-state index contributed by atoms with van der Waals surface area (Å²) in [5.74, 6) is 0.199. The molecule has 3 aromatic rings. The molecular formula is C22H21BrO. The van der Waals surface area contributed by atoms with Gasteiger partial charge in [0.15, 0.2) is 0 Å². The van der Waals surface area contributed by atoms with Gasteiger partial charge in [-0.25, -0.2) is 0 Å². The Balaban J connectivity index is 1.81. The molecule has 1 unspecified atom stereocenters. The number of benzene rings is 3. The molecule has 1 nitrogen and oxygen atoms in total. The van der Waals surface area contributed by atoms with Crippen molar-refractivity contribution in [2.45, 2.75) is 24.9 Å². The maximum absolute atomic E-state index is 10.7. The lowest BCUT2D eigenvalue weighted by Crippen LogP contribution is -2.16. The number of hydrogen-bond acceptors (Lipinski definition) is 1. The van der Waals surface area contributed by atoms with Crippen LogP contribution in [0.1, 0.15) is 29.0 Å². The maximum Gasteiger partial charge on any atom is 0.0590 e. The highest BCUT2D eigenvalue weighted by Gasteiger charge is 2.19. The van der Waals surface area contributed by atoms with E-state index < -0.39 is 6.10 Å². The Labute approximate surface area is 152 Å². The van der Waals surface area contributed by atoms with Crippen LogP contribution in [0.2, 0.25) is 0 Å². The minimum Gasteiger partial charge on any atom is -0.393 e. The summed E-state index contributed by atoms with van der Waals surface area (Å²) in [6.07, 6.45) is 0.960. The number of halogens is 1. The van der Waals surface area contributed by atoms with Crippen LogP contribution in [0, 0.1) is 0 Å². The van der Waals surface area contributed by atoms with Gasteiger partial charge in [-0.2, -0.15) is 0 Å². The highest BCUT2D eigenvalue weighted by atomic mass is 79.9. The lowest BCUT2D eigenvalue weighted by atomic mass is 9.85. The van der Waals surface area contributed by atoms with Crippen LogP contribution in [0.15, 0.2) is 89.4 Å². The number of aliphatic hydroxyl groups is 1. The average Bonchev–Trinajstić information content (AvgIpc) is 2.63. The molecule has 0 saturated heterocycles. The Kier molecular flexibility index (Phi) is 5.84. The molecule has 1 N–H and O–H groups in total. The standard InChI is InChI=1S/C22H21BrO/c23-22-14-8-7-13-19(22)15-20(24)16-21(17-9-3-1-4-10-17)18-11-5-2-6-12-18/h1-14,20-21,24H,15-16H2. The molecule has 0 aliphatic carbocycles. The predicted molar refractivity (Wildman–Crippen MR) is 103 cm³/mol. The van der Waals surface area contributed by atoms with Gasteiger partial charge in [0.1, 0.15) is 0 Å². The van der Waals surface area contributed by atoms with E-state index in [1.807, 2.05) is 30.3 Å². The fraction of sp³-hybridized carbons (Fsp3) is 0.182. The van der Waals surface area contributed by atoms with Gasteiger partial charge in [-0.1, -0.05) is 94.8 Å². The molecule has 0 aliphatic rings. The van der Waals surface area contributed by atoms with E-state index in [1.54, 1.807) is 0 Å². The largest absolute Gasteiger partial charge is 0.393 e. The zero-order chi connectivity index (χ0) is 16.8. The third-order valence-electron chi connectivity index (χ3n) is 4.33. The summed E-state index contributed by atoms with van der Waals surface area (Å²) in [6, 6.07) is 29.0. The normalized spacial score (nSPS) is 12.3.